The van der Waals surface area contributed by atoms with E-state index in [4.69, 9.17) is 4.74 Å². The molecule has 0 spiro atoms. The lowest BCUT2D eigenvalue weighted by Gasteiger charge is -2.10. The molecule has 1 nitrogen and oxygen atoms in total. The third-order valence-electron chi connectivity index (χ3n) is 6.33. The van der Waals surface area contributed by atoms with E-state index in [2.05, 4.69) is 110 Å². The first-order valence-corrected chi connectivity index (χ1v) is 13.4. The van der Waals surface area contributed by atoms with Gasteiger partial charge in [-0.1, -0.05) is 111 Å². The van der Waals surface area contributed by atoms with Gasteiger partial charge in [0.15, 0.2) is 0 Å². The van der Waals surface area contributed by atoms with Gasteiger partial charge in [0.1, 0.15) is 5.75 Å². The maximum atomic E-state index is 5.82. The van der Waals surface area contributed by atoms with Crippen molar-refractivity contribution in [3.8, 4) is 40.6 Å². The second-order valence-electron chi connectivity index (χ2n) is 9.30. The van der Waals surface area contributed by atoms with E-state index in [9.17, 15) is 0 Å². The number of hydrogen-bond acceptors (Lipinski definition) is 1. The fraction of sp³-hybridized carbons (Fsp3) is 0.189. The van der Waals surface area contributed by atoms with Crippen molar-refractivity contribution in [2.24, 2.45) is 0 Å². The molecule has 0 radical (unpaired) electrons. The Hall–Kier alpha value is -4.46. The van der Waals surface area contributed by atoms with Gasteiger partial charge in [0.05, 0.1) is 6.61 Å². The Morgan fingerprint density at radius 2 is 1.39 bits per heavy atom. The first kappa shape index (κ1) is 26.6. The van der Waals surface area contributed by atoms with Gasteiger partial charge in [-0.15, -0.1) is 0 Å². The zero-order valence-electron chi connectivity index (χ0n) is 22.3. The van der Waals surface area contributed by atoms with E-state index >= 15 is 0 Å². The average molecular weight is 495 g/mol. The lowest BCUT2D eigenvalue weighted by atomic mass is 9.94. The molecule has 0 aliphatic rings. The highest BCUT2D eigenvalue weighted by atomic mass is 16.5. The summed E-state index contributed by atoms with van der Waals surface area (Å²) in [6, 6.07) is 33.1. The number of unbranched alkanes of at least 4 members (excludes halogenated alkanes) is 3. The summed E-state index contributed by atoms with van der Waals surface area (Å²) in [5.74, 6) is 13.4. The summed E-state index contributed by atoms with van der Waals surface area (Å²) < 4.78 is 5.82. The first-order valence-electron chi connectivity index (χ1n) is 13.4. The molecule has 4 rings (SSSR count). The summed E-state index contributed by atoms with van der Waals surface area (Å²) in [5.41, 5.74) is 7.77. The summed E-state index contributed by atoms with van der Waals surface area (Å²) in [6.45, 7) is 5.12. The van der Waals surface area contributed by atoms with Gasteiger partial charge in [-0.25, -0.2) is 0 Å². The Morgan fingerprint density at radius 1 is 0.658 bits per heavy atom. The molecule has 0 fully saturated rings. The number of rotatable bonds is 9. The third kappa shape index (κ3) is 8.03. The van der Waals surface area contributed by atoms with Crippen LogP contribution in [0.2, 0.25) is 0 Å². The van der Waals surface area contributed by atoms with Crippen LogP contribution in [0.1, 0.15) is 60.4 Å². The minimum Gasteiger partial charge on any atom is -0.494 e. The Bertz CT molecular complexity index is 1470. The number of aryl methyl sites for hydroxylation is 1. The van der Waals surface area contributed by atoms with Crippen LogP contribution in [0, 0.1) is 30.6 Å². The highest BCUT2D eigenvalue weighted by Gasteiger charge is 2.06. The first-order chi connectivity index (χ1) is 18.7. The zero-order valence-corrected chi connectivity index (χ0v) is 22.3. The number of ether oxygens (including phenoxy) is 1. The molecular formula is C37H34O. The topological polar surface area (TPSA) is 9.23 Å². The van der Waals surface area contributed by atoms with Gasteiger partial charge >= 0.3 is 0 Å². The van der Waals surface area contributed by atoms with Crippen LogP contribution < -0.4 is 4.74 Å². The highest BCUT2D eigenvalue weighted by Crippen LogP contribution is 2.28. The Labute approximate surface area is 228 Å². The number of benzene rings is 4. The molecule has 0 amide bonds. The molecule has 0 aliphatic heterocycles. The van der Waals surface area contributed by atoms with Crippen LogP contribution in [0.3, 0.4) is 0 Å². The third-order valence-corrected chi connectivity index (χ3v) is 6.33. The van der Waals surface area contributed by atoms with E-state index in [0.29, 0.717) is 0 Å². The molecule has 0 atom stereocenters. The quantitative estimate of drug-likeness (QED) is 0.128. The molecule has 0 N–H and O–H groups in total. The van der Waals surface area contributed by atoms with Crippen molar-refractivity contribution in [3.05, 3.63) is 125 Å². The minimum absolute atomic E-state index is 0.765. The van der Waals surface area contributed by atoms with E-state index in [0.717, 1.165) is 41.0 Å². The Kier molecular flexibility index (Phi) is 10.0. The van der Waals surface area contributed by atoms with Gasteiger partial charge in [-0.05, 0) is 89.4 Å². The largest absolute Gasteiger partial charge is 0.494 e. The molecule has 38 heavy (non-hydrogen) atoms. The molecule has 4 aromatic rings. The molecule has 0 aromatic heterocycles. The van der Waals surface area contributed by atoms with E-state index in [1.807, 2.05) is 36.4 Å². The smallest absolute Gasteiger partial charge is 0.119 e. The molecular weight excluding hydrogens is 460 g/mol. The van der Waals surface area contributed by atoms with Crippen molar-refractivity contribution in [2.75, 3.05) is 6.61 Å². The fourth-order valence-corrected chi connectivity index (χ4v) is 4.17. The lowest BCUT2D eigenvalue weighted by Crippen LogP contribution is -1.96. The molecule has 0 aliphatic carbocycles. The van der Waals surface area contributed by atoms with Crippen LogP contribution in [-0.4, -0.2) is 6.61 Å². The summed E-state index contributed by atoms with van der Waals surface area (Å²) in [5, 5.41) is 0. The van der Waals surface area contributed by atoms with Gasteiger partial charge in [0, 0.05) is 11.1 Å². The second kappa shape index (κ2) is 14.3. The van der Waals surface area contributed by atoms with Crippen molar-refractivity contribution in [3.63, 3.8) is 0 Å². The Morgan fingerprint density at radius 3 is 2.21 bits per heavy atom. The molecule has 0 heterocycles. The summed E-state index contributed by atoms with van der Waals surface area (Å²) in [7, 11) is 0. The fourth-order valence-electron chi connectivity index (χ4n) is 4.17. The van der Waals surface area contributed by atoms with Gasteiger partial charge in [0.2, 0.25) is 0 Å². The predicted octanol–water partition coefficient (Wildman–Crippen LogP) is 9.19. The predicted molar refractivity (Wildman–Crippen MR) is 162 cm³/mol. The molecule has 0 unspecified atom stereocenters. The molecule has 0 saturated carbocycles. The average Bonchev–Trinajstić information content (AvgIpc) is 2.96. The van der Waals surface area contributed by atoms with Crippen molar-refractivity contribution in [1.29, 1.82) is 0 Å². The van der Waals surface area contributed by atoms with Crippen LogP contribution in [0.5, 0.6) is 5.75 Å². The molecule has 0 bridgehead atoms. The Balaban J connectivity index is 1.46. The van der Waals surface area contributed by atoms with Gasteiger partial charge in [-0.3, -0.25) is 0 Å². The summed E-state index contributed by atoms with van der Waals surface area (Å²) in [6.07, 6.45) is 9.12. The highest BCUT2D eigenvalue weighted by molar-refractivity contribution is 5.78. The molecule has 1 heteroatoms. The van der Waals surface area contributed by atoms with E-state index < -0.39 is 0 Å². The van der Waals surface area contributed by atoms with Gasteiger partial charge < -0.3 is 4.74 Å². The van der Waals surface area contributed by atoms with E-state index in [1.165, 1.54) is 36.0 Å². The molecule has 0 saturated heterocycles. The normalized spacial score (nSPS) is 10.4. The summed E-state index contributed by atoms with van der Waals surface area (Å²) in [4.78, 5) is 0. The maximum Gasteiger partial charge on any atom is 0.119 e. The molecule has 4 aromatic carbocycles. The van der Waals surface area contributed by atoms with Crippen molar-refractivity contribution in [1.82, 2.24) is 0 Å². The van der Waals surface area contributed by atoms with Crippen LogP contribution in [-0.2, 0) is 0 Å². The van der Waals surface area contributed by atoms with Crippen molar-refractivity contribution >= 4 is 12.2 Å². The molecule has 188 valence electrons. The van der Waals surface area contributed by atoms with Crippen molar-refractivity contribution < 1.29 is 4.74 Å². The lowest BCUT2D eigenvalue weighted by molar-refractivity contribution is 0.305. The van der Waals surface area contributed by atoms with E-state index in [-0.39, 0.29) is 0 Å². The van der Waals surface area contributed by atoms with Crippen molar-refractivity contribution in [2.45, 2.75) is 39.5 Å². The second-order valence-corrected chi connectivity index (χ2v) is 9.30. The number of hydrogen-bond donors (Lipinski definition) is 0. The van der Waals surface area contributed by atoms with Gasteiger partial charge in [0.25, 0.3) is 0 Å². The zero-order chi connectivity index (χ0) is 26.4. The van der Waals surface area contributed by atoms with Crippen LogP contribution in [0.4, 0.5) is 0 Å². The standard InChI is InChI=1S/C37H34O/c1-3-4-5-13-28-38-35-26-24-32(25-27-35)16-9-10-17-34-18-11-12-19-36(34)37-29-33(21-20-30(37)2)23-22-31-14-7-6-8-15-31/h6-8,11-12,14-15,18-27,29H,3-5,13,28H2,1-2H3/b23-22+. The van der Waals surface area contributed by atoms with E-state index in [1.54, 1.807) is 0 Å². The SMILES string of the molecule is CCCCCCOc1ccc(C#CC#Cc2ccccc2-c2cc(/C=C/c3ccccc3)ccc2C)cc1. The van der Waals surface area contributed by atoms with Crippen LogP contribution in [0.15, 0.2) is 97.1 Å². The van der Waals surface area contributed by atoms with Gasteiger partial charge in [-0.2, -0.15) is 0 Å². The monoisotopic (exact) mass is 494 g/mol. The van der Waals surface area contributed by atoms with Crippen LogP contribution in [0.25, 0.3) is 23.3 Å². The maximum absolute atomic E-state index is 5.82. The van der Waals surface area contributed by atoms with Crippen LogP contribution >= 0.6 is 0 Å². The summed E-state index contributed by atoms with van der Waals surface area (Å²) >= 11 is 0. The minimum atomic E-state index is 0.765.